The van der Waals surface area contributed by atoms with Crippen molar-refractivity contribution < 1.29 is 13.9 Å². The molecule has 0 amide bonds. The Labute approximate surface area is 154 Å². The summed E-state index contributed by atoms with van der Waals surface area (Å²) in [4.78, 5) is 20.6. The van der Waals surface area contributed by atoms with Gasteiger partial charge < -0.3 is 9.64 Å². The second-order valence-electron chi connectivity index (χ2n) is 6.05. The van der Waals surface area contributed by atoms with Gasteiger partial charge in [-0.25, -0.2) is 9.37 Å². The molecule has 0 spiro atoms. The van der Waals surface area contributed by atoms with Gasteiger partial charge in [-0.3, -0.25) is 9.69 Å². The SMILES string of the molecule is CCOC(=O)CN1CCCN(c2ccc3cc(Br)c(F)cc3n2)CC1. The Morgan fingerprint density at radius 1 is 1.28 bits per heavy atom. The Morgan fingerprint density at radius 3 is 2.92 bits per heavy atom. The normalized spacial score (nSPS) is 16.0. The van der Waals surface area contributed by atoms with E-state index in [1.54, 1.807) is 6.07 Å². The molecule has 0 aliphatic carbocycles. The van der Waals surface area contributed by atoms with E-state index in [-0.39, 0.29) is 11.8 Å². The van der Waals surface area contributed by atoms with Gasteiger partial charge in [0, 0.05) is 37.6 Å². The number of anilines is 1. The van der Waals surface area contributed by atoms with Crippen molar-refractivity contribution in [2.24, 2.45) is 0 Å². The molecule has 2 heterocycles. The minimum Gasteiger partial charge on any atom is -0.465 e. The third kappa shape index (κ3) is 4.46. The maximum Gasteiger partial charge on any atom is 0.320 e. The summed E-state index contributed by atoms with van der Waals surface area (Å²) < 4.78 is 19.2. The van der Waals surface area contributed by atoms with Gasteiger partial charge in [-0.2, -0.15) is 0 Å². The van der Waals surface area contributed by atoms with E-state index in [0.29, 0.717) is 23.1 Å². The van der Waals surface area contributed by atoms with E-state index in [2.05, 4.69) is 30.7 Å². The highest BCUT2D eigenvalue weighted by molar-refractivity contribution is 9.10. The zero-order valence-corrected chi connectivity index (χ0v) is 15.8. The molecular weight excluding hydrogens is 389 g/mol. The van der Waals surface area contributed by atoms with Crippen LogP contribution in [0.15, 0.2) is 28.7 Å². The van der Waals surface area contributed by atoms with Crippen LogP contribution < -0.4 is 4.90 Å². The number of esters is 1. The molecule has 134 valence electrons. The minimum absolute atomic E-state index is 0.180. The third-order valence-electron chi connectivity index (χ3n) is 4.29. The number of pyridine rings is 1. The molecule has 1 aromatic carbocycles. The average Bonchev–Trinajstić information content (AvgIpc) is 2.81. The molecule has 1 fully saturated rings. The standard InChI is InChI=1S/C18H21BrFN3O2/c1-2-25-18(24)12-22-6-3-7-23(9-8-22)17-5-4-13-10-14(19)15(20)11-16(13)21-17/h4-5,10-11H,2-3,6-9,12H2,1H3. The van der Waals surface area contributed by atoms with E-state index in [9.17, 15) is 9.18 Å². The molecule has 7 heteroatoms. The molecule has 1 aliphatic rings. The van der Waals surface area contributed by atoms with E-state index in [1.165, 1.54) is 6.07 Å². The Bertz CT molecular complexity index is 771. The molecule has 2 aromatic rings. The van der Waals surface area contributed by atoms with Crippen LogP contribution >= 0.6 is 15.9 Å². The Kier molecular flexibility index (Phi) is 5.86. The molecule has 0 atom stereocenters. The first-order valence-electron chi connectivity index (χ1n) is 8.45. The second kappa shape index (κ2) is 8.10. The molecule has 0 radical (unpaired) electrons. The van der Waals surface area contributed by atoms with E-state index in [1.807, 2.05) is 19.1 Å². The fourth-order valence-electron chi connectivity index (χ4n) is 3.03. The number of aromatic nitrogens is 1. The maximum absolute atomic E-state index is 13.8. The Balaban J connectivity index is 1.71. The van der Waals surface area contributed by atoms with Gasteiger partial charge in [0.1, 0.15) is 11.6 Å². The molecule has 1 aromatic heterocycles. The quantitative estimate of drug-likeness (QED) is 0.725. The number of carbonyl (C=O) groups is 1. The average molecular weight is 410 g/mol. The summed E-state index contributed by atoms with van der Waals surface area (Å²) in [6.07, 6.45) is 0.938. The molecule has 1 saturated heterocycles. The molecule has 0 N–H and O–H groups in total. The van der Waals surface area contributed by atoms with Crippen LogP contribution in [-0.4, -0.2) is 55.2 Å². The lowest BCUT2D eigenvalue weighted by Gasteiger charge is -2.22. The largest absolute Gasteiger partial charge is 0.465 e. The number of carbonyl (C=O) groups excluding carboxylic acids is 1. The predicted octanol–water partition coefficient (Wildman–Crippen LogP) is 3.21. The lowest BCUT2D eigenvalue weighted by atomic mass is 10.2. The molecule has 1 aliphatic heterocycles. The summed E-state index contributed by atoms with van der Waals surface area (Å²) in [5.41, 5.74) is 0.644. The fourth-order valence-corrected chi connectivity index (χ4v) is 3.39. The highest BCUT2D eigenvalue weighted by atomic mass is 79.9. The number of nitrogens with zero attached hydrogens (tertiary/aromatic N) is 3. The van der Waals surface area contributed by atoms with Crippen molar-refractivity contribution in [3.8, 4) is 0 Å². The van der Waals surface area contributed by atoms with Gasteiger partial charge in [-0.05, 0) is 47.5 Å². The summed E-state index contributed by atoms with van der Waals surface area (Å²) >= 11 is 3.20. The molecule has 3 rings (SSSR count). The highest BCUT2D eigenvalue weighted by Gasteiger charge is 2.18. The summed E-state index contributed by atoms with van der Waals surface area (Å²) in [6, 6.07) is 7.12. The van der Waals surface area contributed by atoms with Gasteiger partial charge >= 0.3 is 5.97 Å². The predicted molar refractivity (Wildman–Crippen MR) is 99.3 cm³/mol. The zero-order valence-electron chi connectivity index (χ0n) is 14.2. The van der Waals surface area contributed by atoms with Crippen LogP contribution in [0.25, 0.3) is 10.9 Å². The lowest BCUT2D eigenvalue weighted by Crippen LogP contribution is -2.35. The van der Waals surface area contributed by atoms with Gasteiger partial charge in [0.15, 0.2) is 0 Å². The van der Waals surface area contributed by atoms with E-state index < -0.39 is 0 Å². The summed E-state index contributed by atoms with van der Waals surface area (Å²) in [7, 11) is 0. The fraction of sp³-hybridized carbons (Fsp3) is 0.444. The molecule has 0 bridgehead atoms. The summed E-state index contributed by atoms with van der Waals surface area (Å²) in [5, 5.41) is 0.899. The van der Waals surface area contributed by atoms with Crippen molar-refractivity contribution in [2.75, 3.05) is 44.2 Å². The maximum atomic E-state index is 13.8. The monoisotopic (exact) mass is 409 g/mol. The smallest absolute Gasteiger partial charge is 0.320 e. The first-order valence-corrected chi connectivity index (χ1v) is 9.25. The molecule has 5 nitrogen and oxygen atoms in total. The third-order valence-corrected chi connectivity index (χ3v) is 4.89. The van der Waals surface area contributed by atoms with Crippen molar-refractivity contribution in [1.29, 1.82) is 0 Å². The molecule has 25 heavy (non-hydrogen) atoms. The molecule has 0 unspecified atom stereocenters. The van der Waals surface area contributed by atoms with Crippen LogP contribution in [0, 0.1) is 5.82 Å². The molecular formula is C18H21BrFN3O2. The van der Waals surface area contributed by atoms with Gasteiger partial charge in [-0.15, -0.1) is 0 Å². The zero-order chi connectivity index (χ0) is 17.8. The second-order valence-corrected chi connectivity index (χ2v) is 6.90. The number of ether oxygens (including phenoxy) is 1. The number of halogens is 2. The van der Waals surface area contributed by atoms with E-state index >= 15 is 0 Å². The van der Waals surface area contributed by atoms with Crippen molar-refractivity contribution in [1.82, 2.24) is 9.88 Å². The number of fused-ring (bicyclic) bond motifs is 1. The number of hydrogen-bond donors (Lipinski definition) is 0. The summed E-state index contributed by atoms with van der Waals surface area (Å²) in [6.45, 7) is 5.80. The summed E-state index contributed by atoms with van der Waals surface area (Å²) in [5.74, 6) is 0.349. The van der Waals surface area contributed by atoms with Crippen LogP contribution in [0.3, 0.4) is 0 Å². The van der Waals surface area contributed by atoms with Gasteiger partial charge in [0.05, 0.1) is 23.1 Å². The number of hydrogen-bond acceptors (Lipinski definition) is 5. The van der Waals surface area contributed by atoms with Crippen molar-refractivity contribution in [3.05, 3.63) is 34.6 Å². The number of benzene rings is 1. The van der Waals surface area contributed by atoms with Crippen molar-refractivity contribution in [2.45, 2.75) is 13.3 Å². The van der Waals surface area contributed by atoms with Gasteiger partial charge in [0.25, 0.3) is 0 Å². The topological polar surface area (TPSA) is 45.7 Å². The van der Waals surface area contributed by atoms with E-state index in [0.717, 1.165) is 43.8 Å². The minimum atomic E-state index is -0.311. The van der Waals surface area contributed by atoms with Gasteiger partial charge in [0.2, 0.25) is 0 Å². The van der Waals surface area contributed by atoms with Crippen LogP contribution in [0.1, 0.15) is 13.3 Å². The van der Waals surface area contributed by atoms with E-state index in [4.69, 9.17) is 4.74 Å². The van der Waals surface area contributed by atoms with Crippen LogP contribution in [0.4, 0.5) is 10.2 Å². The lowest BCUT2D eigenvalue weighted by molar-refractivity contribution is -0.144. The molecule has 0 saturated carbocycles. The van der Waals surface area contributed by atoms with Crippen molar-refractivity contribution in [3.63, 3.8) is 0 Å². The first kappa shape index (κ1) is 18.1. The number of rotatable bonds is 4. The highest BCUT2D eigenvalue weighted by Crippen LogP contribution is 2.25. The first-order chi connectivity index (χ1) is 12.1. The van der Waals surface area contributed by atoms with Crippen LogP contribution in [0.2, 0.25) is 0 Å². The van der Waals surface area contributed by atoms with Crippen LogP contribution in [0.5, 0.6) is 0 Å². The van der Waals surface area contributed by atoms with Crippen molar-refractivity contribution >= 4 is 38.6 Å². The van der Waals surface area contributed by atoms with Crippen LogP contribution in [-0.2, 0) is 9.53 Å². The Morgan fingerprint density at radius 2 is 2.12 bits per heavy atom. The Hall–Kier alpha value is -1.73. The van der Waals surface area contributed by atoms with Gasteiger partial charge in [-0.1, -0.05) is 0 Å².